The Bertz CT molecular complexity index is 738. The molecule has 6 heteroatoms. The van der Waals surface area contributed by atoms with Crippen LogP contribution < -0.4 is 5.73 Å². The number of rotatable bonds is 5. The van der Waals surface area contributed by atoms with Crippen LogP contribution in [0.15, 0.2) is 41.8 Å². The van der Waals surface area contributed by atoms with Gasteiger partial charge >= 0.3 is 0 Å². The van der Waals surface area contributed by atoms with E-state index in [0.29, 0.717) is 11.3 Å². The number of hydrogen-bond donors (Lipinski definition) is 1. The second kappa shape index (κ2) is 6.13. The lowest BCUT2D eigenvalue weighted by Crippen LogP contribution is -2.02. The number of nitrogen functional groups attached to an aromatic ring is 1. The van der Waals surface area contributed by atoms with Crippen molar-refractivity contribution in [2.75, 3.05) is 11.5 Å². The van der Waals surface area contributed by atoms with E-state index in [4.69, 9.17) is 5.73 Å². The number of anilines is 1. The van der Waals surface area contributed by atoms with Gasteiger partial charge in [-0.05, 0) is 12.0 Å². The van der Waals surface area contributed by atoms with Crippen LogP contribution in [0.5, 0.6) is 0 Å². The first kappa shape index (κ1) is 13.9. The fraction of sp³-hybridized carbons (Fsp3) is 0.267. The van der Waals surface area contributed by atoms with Crippen LogP contribution in [0.1, 0.15) is 18.9 Å². The lowest BCUT2D eigenvalue weighted by atomic mass is 10.2. The second-order valence-electron chi connectivity index (χ2n) is 4.77. The summed E-state index contributed by atoms with van der Waals surface area (Å²) in [4.78, 5) is 13.3. The molecule has 0 radical (unpaired) electrons. The second-order valence-corrected chi connectivity index (χ2v) is 5.83. The molecule has 2 N–H and O–H groups in total. The van der Waals surface area contributed by atoms with Crippen molar-refractivity contribution in [2.24, 2.45) is 0 Å². The number of hydrogen-bond acceptors (Lipinski definition) is 5. The molecular weight excluding hydrogens is 282 g/mol. The molecule has 0 saturated carbocycles. The van der Waals surface area contributed by atoms with E-state index in [1.807, 2.05) is 22.8 Å². The van der Waals surface area contributed by atoms with Gasteiger partial charge in [-0.15, -0.1) is 0 Å². The number of fused-ring (bicyclic) bond motifs is 1. The normalized spacial score (nSPS) is 11.1. The first-order valence-corrected chi connectivity index (χ1v) is 7.91. The molecular formula is C15H17N5S. The van der Waals surface area contributed by atoms with Crippen LogP contribution in [0.4, 0.5) is 5.82 Å². The maximum atomic E-state index is 6.00. The number of imidazole rings is 1. The highest BCUT2D eigenvalue weighted by molar-refractivity contribution is 7.99. The number of aromatic nitrogens is 4. The molecule has 0 saturated heterocycles. The Morgan fingerprint density at radius 3 is 2.76 bits per heavy atom. The van der Waals surface area contributed by atoms with Crippen molar-refractivity contribution in [1.82, 2.24) is 19.5 Å². The van der Waals surface area contributed by atoms with Crippen LogP contribution in [-0.4, -0.2) is 25.3 Å². The monoisotopic (exact) mass is 299 g/mol. The summed E-state index contributed by atoms with van der Waals surface area (Å²) in [5.74, 6) is 1.43. The third-order valence-electron chi connectivity index (χ3n) is 3.10. The Kier molecular flexibility index (Phi) is 4.06. The topological polar surface area (TPSA) is 69.6 Å². The van der Waals surface area contributed by atoms with Gasteiger partial charge in [-0.1, -0.05) is 49.0 Å². The highest BCUT2D eigenvalue weighted by Crippen LogP contribution is 2.22. The van der Waals surface area contributed by atoms with Crippen LogP contribution >= 0.6 is 11.8 Å². The van der Waals surface area contributed by atoms with Crippen LogP contribution in [0.25, 0.3) is 11.2 Å². The molecule has 0 amide bonds. The van der Waals surface area contributed by atoms with E-state index in [-0.39, 0.29) is 0 Å². The summed E-state index contributed by atoms with van der Waals surface area (Å²) in [6.07, 6.45) is 2.85. The van der Waals surface area contributed by atoms with E-state index < -0.39 is 0 Å². The van der Waals surface area contributed by atoms with Gasteiger partial charge in [0.15, 0.2) is 16.6 Å². The van der Waals surface area contributed by atoms with Crippen LogP contribution in [0.3, 0.4) is 0 Å². The van der Waals surface area contributed by atoms with Gasteiger partial charge in [0.05, 0.1) is 12.9 Å². The molecule has 0 aliphatic carbocycles. The minimum absolute atomic E-state index is 0.449. The van der Waals surface area contributed by atoms with Crippen molar-refractivity contribution < 1.29 is 0 Å². The van der Waals surface area contributed by atoms with Gasteiger partial charge in [-0.2, -0.15) is 0 Å². The summed E-state index contributed by atoms with van der Waals surface area (Å²) in [6.45, 7) is 2.86. The predicted molar refractivity (Wildman–Crippen MR) is 86.3 cm³/mol. The van der Waals surface area contributed by atoms with Crippen molar-refractivity contribution in [3.8, 4) is 0 Å². The minimum Gasteiger partial charge on any atom is -0.382 e. The summed E-state index contributed by atoms with van der Waals surface area (Å²) in [7, 11) is 0. The molecule has 2 aromatic heterocycles. The summed E-state index contributed by atoms with van der Waals surface area (Å²) >= 11 is 1.62. The number of thioether (sulfide) groups is 1. The largest absolute Gasteiger partial charge is 0.382 e. The lowest BCUT2D eigenvalue weighted by Gasteiger charge is -2.05. The highest BCUT2D eigenvalue weighted by atomic mass is 32.2. The van der Waals surface area contributed by atoms with Gasteiger partial charge in [0.1, 0.15) is 5.52 Å². The van der Waals surface area contributed by atoms with Gasteiger partial charge < -0.3 is 10.3 Å². The van der Waals surface area contributed by atoms with Crippen LogP contribution in [-0.2, 0) is 6.54 Å². The van der Waals surface area contributed by atoms with Crippen LogP contribution in [0.2, 0.25) is 0 Å². The molecule has 3 rings (SSSR count). The molecule has 5 nitrogen and oxygen atoms in total. The summed E-state index contributed by atoms with van der Waals surface area (Å²) in [6, 6.07) is 10.2. The van der Waals surface area contributed by atoms with E-state index in [0.717, 1.165) is 29.5 Å². The predicted octanol–water partition coefficient (Wildman–Crippen LogP) is 2.96. The molecule has 0 aliphatic heterocycles. The van der Waals surface area contributed by atoms with E-state index in [9.17, 15) is 0 Å². The van der Waals surface area contributed by atoms with Gasteiger partial charge in [0.25, 0.3) is 0 Å². The average molecular weight is 299 g/mol. The molecule has 21 heavy (non-hydrogen) atoms. The van der Waals surface area contributed by atoms with Crippen molar-refractivity contribution in [3.63, 3.8) is 0 Å². The summed E-state index contributed by atoms with van der Waals surface area (Å²) < 4.78 is 2.01. The molecule has 0 aliphatic rings. The zero-order valence-corrected chi connectivity index (χ0v) is 12.7. The number of benzene rings is 1. The standard InChI is InChI=1S/C15H17N5S/c1-2-8-21-15-18-13(16)12-14(19-15)20(10-17-12)9-11-6-4-3-5-7-11/h3-7,10H,2,8-9H2,1H3,(H2,16,18,19). The van der Waals surface area contributed by atoms with E-state index in [2.05, 4.69) is 34.0 Å². The highest BCUT2D eigenvalue weighted by Gasteiger charge is 2.11. The average Bonchev–Trinajstić information content (AvgIpc) is 2.90. The molecule has 108 valence electrons. The molecule has 0 spiro atoms. The first-order chi connectivity index (χ1) is 10.3. The van der Waals surface area contributed by atoms with E-state index in [1.165, 1.54) is 5.56 Å². The first-order valence-electron chi connectivity index (χ1n) is 6.93. The molecule has 0 unspecified atom stereocenters. The summed E-state index contributed by atoms with van der Waals surface area (Å²) in [5, 5.41) is 0.719. The van der Waals surface area contributed by atoms with Crippen molar-refractivity contribution >= 4 is 28.7 Å². The molecule has 1 aromatic carbocycles. The van der Waals surface area contributed by atoms with Gasteiger partial charge in [0, 0.05) is 5.75 Å². The fourth-order valence-corrected chi connectivity index (χ4v) is 2.80. The SMILES string of the molecule is CCCSc1nc(N)c2ncn(Cc3ccccc3)c2n1. The molecule has 0 fully saturated rings. The molecule has 2 heterocycles. The third-order valence-corrected chi connectivity index (χ3v) is 4.15. The molecule has 0 atom stereocenters. The fourth-order valence-electron chi connectivity index (χ4n) is 2.10. The third kappa shape index (κ3) is 3.00. The van der Waals surface area contributed by atoms with Crippen molar-refractivity contribution in [1.29, 1.82) is 0 Å². The zero-order valence-electron chi connectivity index (χ0n) is 11.9. The van der Waals surface area contributed by atoms with E-state index in [1.54, 1.807) is 18.1 Å². The van der Waals surface area contributed by atoms with Crippen LogP contribution in [0, 0.1) is 0 Å². The smallest absolute Gasteiger partial charge is 0.191 e. The van der Waals surface area contributed by atoms with Gasteiger partial charge in [-0.3, -0.25) is 0 Å². The van der Waals surface area contributed by atoms with Crippen molar-refractivity contribution in [2.45, 2.75) is 25.0 Å². The quantitative estimate of drug-likeness (QED) is 0.579. The minimum atomic E-state index is 0.449. The maximum Gasteiger partial charge on any atom is 0.191 e. The van der Waals surface area contributed by atoms with Crippen molar-refractivity contribution in [3.05, 3.63) is 42.2 Å². The Morgan fingerprint density at radius 2 is 2.00 bits per heavy atom. The molecule has 3 aromatic rings. The van der Waals surface area contributed by atoms with Gasteiger partial charge in [-0.25, -0.2) is 15.0 Å². The Hall–Kier alpha value is -2.08. The Morgan fingerprint density at radius 1 is 1.19 bits per heavy atom. The van der Waals surface area contributed by atoms with Gasteiger partial charge in [0.2, 0.25) is 0 Å². The number of nitrogens with zero attached hydrogens (tertiary/aromatic N) is 4. The Labute approximate surface area is 127 Å². The number of nitrogens with two attached hydrogens (primary N) is 1. The summed E-state index contributed by atoms with van der Waals surface area (Å²) in [5.41, 5.74) is 8.67. The Balaban J connectivity index is 1.97. The van der Waals surface area contributed by atoms with E-state index >= 15 is 0 Å². The lowest BCUT2D eigenvalue weighted by molar-refractivity contribution is 0.804. The zero-order chi connectivity index (χ0) is 14.7. The molecule has 0 bridgehead atoms. The maximum absolute atomic E-state index is 6.00.